The zero-order valence-corrected chi connectivity index (χ0v) is 25.7. The maximum atomic E-state index is 13.1. The number of nitrogens with zero attached hydrogens (tertiary/aromatic N) is 3. The van der Waals surface area contributed by atoms with E-state index in [1.54, 1.807) is 14.0 Å². The topological polar surface area (TPSA) is 127 Å². The van der Waals surface area contributed by atoms with Crippen molar-refractivity contribution >= 4 is 6.09 Å². The Morgan fingerprint density at radius 3 is 2.30 bits per heavy atom. The monoisotopic (exact) mass is 622 g/mol. The lowest BCUT2D eigenvalue weighted by molar-refractivity contribution is -0.0953. The minimum Gasteiger partial charge on any atom is -0.497 e. The SMILES string of the molecule is COc1ccc(C(OC[C@H]2O[C@@H](n3cc(C)c(=O)[nH]c3=O)C[C@@H]2OC(=O)n2ccnc2)(c2ccccc2)c2ccc(C)cc2)cc1. The predicted octanol–water partition coefficient (Wildman–Crippen LogP) is 4.71. The van der Waals surface area contributed by atoms with E-state index in [0.29, 0.717) is 11.3 Å². The number of carbonyl (C=O) groups is 1. The number of rotatable bonds is 9. The molecule has 11 heteroatoms. The van der Waals surface area contributed by atoms with Crippen LogP contribution < -0.4 is 16.0 Å². The molecule has 5 aromatic rings. The van der Waals surface area contributed by atoms with Crippen LogP contribution in [0, 0.1) is 13.8 Å². The number of H-pyrrole nitrogens is 1. The van der Waals surface area contributed by atoms with Crippen LogP contribution in [0.15, 0.2) is 113 Å². The summed E-state index contributed by atoms with van der Waals surface area (Å²) in [5, 5.41) is 0. The molecule has 4 atom stereocenters. The Balaban J connectivity index is 1.41. The van der Waals surface area contributed by atoms with Crippen molar-refractivity contribution in [2.75, 3.05) is 13.7 Å². The van der Waals surface area contributed by atoms with Gasteiger partial charge in [-0.15, -0.1) is 0 Å². The molecule has 1 fully saturated rings. The van der Waals surface area contributed by atoms with Crippen LogP contribution in [0.2, 0.25) is 0 Å². The Bertz CT molecular complexity index is 1900. The molecule has 0 radical (unpaired) electrons. The molecule has 11 nitrogen and oxygen atoms in total. The highest BCUT2D eigenvalue weighted by Crippen LogP contribution is 2.42. The van der Waals surface area contributed by atoms with E-state index >= 15 is 0 Å². The van der Waals surface area contributed by atoms with Gasteiger partial charge in [0.25, 0.3) is 5.56 Å². The highest BCUT2D eigenvalue weighted by Gasteiger charge is 2.44. The van der Waals surface area contributed by atoms with Gasteiger partial charge in [-0.2, -0.15) is 0 Å². The van der Waals surface area contributed by atoms with E-state index < -0.39 is 41.4 Å². The number of carbonyl (C=O) groups excluding carboxylic acids is 1. The minimum atomic E-state index is -1.10. The Hall–Kier alpha value is -5.26. The third-order valence-electron chi connectivity index (χ3n) is 8.20. The van der Waals surface area contributed by atoms with Crippen LogP contribution in [-0.4, -0.2) is 51.1 Å². The van der Waals surface area contributed by atoms with Gasteiger partial charge >= 0.3 is 11.8 Å². The maximum absolute atomic E-state index is 13.1. The molecule has 0 bridgehead atoms. The highest BCUT2D eigenvalue weighted by atomic mass is 16.6. The summed E-state index contributed by atoms with van der Waals surface area (Å²) < 4.78 is 27.3. The van der Waals surface area contributed by atoms with E-state index in [1.165, 1.54) is 34.1 Å². The summed E-state index contributed by atoms with van der Waals surface area (Å²) in [6.45, 7) is 3.60. The normalized spacial score (nSPS) is 19.0. The van der Waals surface area contributed by atoms with Crippen molar-refractivity contribution in [3.63, 3.8) is 0 Å². The van der Waals surface area contributed by atoms with E-state index in [-0.39, 0.29) is 13.0 Å². The van der Waals surface area contributed by atoms with Gasteiger partial charge in [0.2, 0.25) is 0 Å². The average molecular weight is 623 g/mol. The lowest BCUT2D eigenvalue weighted by Crippen LogP contribution is -2.39. The van der Waals surface area contributed by atoms with Gasteiger partial charge in [0.1, 0.15) is 36.1 Å². The first-order valence-electron chi connectivity index (χ1n) is 14.9. The van der Waals surface area contributed by atoms with Crippen molar-refractivity contribution in [2.45, 2.75) is 44.3 Å². The van der Waals surface area contributed by atoms with Crippen molar-refractivity contribution in [3.05, 3.63) is 152 Å². The number of aryl methyl sites for hydroxylation is 2. The number of benzene rings is 3. The Labute approximate surface area is 265 Å². The summed E-state index contributed by atoms with van der Waals surface area (Å²) in [5.41, 5.74) is 1.82. The number of methoxy groups -OCH3 is 1. The summed E-state index contributed by atoms with van der Waals surface area (Å²) >= 11 is 0. The molecule has 0 saturated carbocycles. The second-order valence-corrected chi connectivity index (χ2v) is 11.2. The van der Waals surface area contributed by atoms with Gasteiger partial charge < -0.3 is 18.9 Å². The lowest BCUT2D eigenvalue weighted by Gasteiger charge is -2.37. The smallest absolute Gasteiger partial charge is 0.419 e. The standard InChI is InChI=1S/C35H34N4O7/c1-23-9-11-26(12-10-23)35(25-7-5-4-6-8-25,27-13-15-28(43-3)16-14-27)44-21-30-29(46-34(42)38-18-17-36-22-38)19-31(45-30)39-20-24(2)32(40)37-33(39)41/h4-18,20,22,29-31H,19,21H2,1-3H3,(H,37,40,41)/t29-,30+,31+,35?/m0/s1. The molecule has 1 unspecified atom stereocenters. The summed E-state index contributed by atoms with van der Waals surface area (Å²) in [7, 11) is 1.62. The van der Waals surface area contributed by atoms with Crippen molar-refractivity contribution < 1.29 is 23.7 Å². The second-order valence-electron chi connectivity index (χ2n) is 11.2. The van der Waals surface area contributed by atoms with Crippen LogP contribution in [0.5, 0.6) is 5.75 Å². The van der Waals surface area contributed by atoms with Crippen molar-refractivity contribution in [2.24, 2.45) is 0 Å². The molecule has 1 aliphatic rings. The van der Waals surface area contributed by atoms with Crippen molar-refractivity contribution in [3.8, 4) is 5.75 Å². The number of ether oxygens (including phenoxy) is 4. The second kappa shape index (κ2) is 13.0. The fourth-order valence-corrected chi connectivity index (χ4v) is 5.75. The Kier molecular flexibility index (Phi) is 8.69. The number of hydrogen-bond donors (Lipinski definition) is 1. The quantitative estimate of drug-likeness (QED) is 0.234. The van der Waals surface area contributed by atoms with E-state index in [9.17, 15) is 14.4 Å². The Morgan fingerprint density at radius 1 is 0.978 bits per heavy atom. The van der Waals surface area contributed by atoms with Crippen molar-refractivity contribution in [1.29, 1.82) is 0 Å². The number of imidazole rings is 1. The van der Waals surface area contributed by atoms with Crippen LogP contribution in [0.4, 0.5) is 4.79 Å². The Morgan fingerprint density at radius 2 is 1.65 bits per heavy atom. The van der Waals surface area contributed by atoms with Gasteiger partial charge in [0, 0.05) is 30.6 Å². The van der Waals surface area contributed by atoms with E-state index in [2.05, 4.69) is 9.97 Å². The number of aromatic amines is 1. The largest absolute Gasteiger partial charge is 0.497 e. The summed E-state index contributed by atoms with van der Waals surface area (Å²) in [4.78, 5) is 44.2. The average Bonchev–Trinajstić information content (AvgIpc) is 3.76. The van der Waals surface area contributed by atoms with Crippen LogP contribution in [-0.2, 0) is 19.8 Å². The highest BCUT2D eigenvalue weighted by molar-refractivity contribution is 5.70. The van der Waals surface area contributed by atoms with E-state index in [4.69, 9.17) is 18.9 Å². The third kappa shape index (κ3) is 6.02. The molecule has 236 valence electrons. The van der Waals surface area contributed by atoms with Crippen LogP contribution in [0.25, 0.3) is 0 Å². The van der Waals surface area contributed by atoms with Gasteiger partial charge in [-0.05, 0) is 42.7 Å². The molecule has 3 aromatic carbocycles. The molecule has 1 saturated heterocycles. The molecular formula is C35H34N4O7. The molecule has 1 aliphatic heterocycles. The van der Waals surface area contributed by atoms with Gasteiger partial charge in [-0.25, -0.2) is 19.1 Å². The number of aromatic nitrogens is 4. The van der Waals surface area contributed by atoms with Gasteiger partial charge in [0.15, 0.2) is 0 Å². The maximum Gasteiger partial charge on any atom is 0.419 e. The molecule has 1 N–H and O–H groups in total. The van der Waals surface area contributed by atoms with Gasteiger partial charge in [-0.3, -0.25) is 14.3 Å². The number of hydrogen-bond acceptors (Lipinski definition) is 8. The van der Waals surface area contributed by atoms with Crippen LogP contribution in [0.1, 0.15) is 40.5 Å². The molecule has 0 spiro atoms. The van der Waals surface area contributed by atoms with Gasteiger partial charge in [-0.1, -0.05) is 72.3 Å². The predicted molar refractivity (Wildman–Crippen MR) is 169 cm³/mol. The fraction of sp³-hybridized carbons (Fsp3) is 0.257. The van der Waals surface area contributed by atoms with Crippen LogP contribution >= 0.6 is 0 Å². The first-order chi connectivity index (χ1) is 22.3. The first-order valence-corrected chi connectivity index (χ1v) is 14.9. The molecule has 0 amide bonds. The minimum absolute atomic E-state index is 0.0236. The zero-order chi connectivity index (χ0) is 32.3. The molecule has 0 aliphatic carbocycles. The van der Waals surface area contributed by atoms with Crippen LogP contribution in [0.3, 0.4) is 0 Å². The molecule has 46 heavy (non-hydrogen) atoms. The van der Waals surface area contributed by atoms with Gasteiger partial charge in [0.05, 0.1) is 13.7 Å². The fourth-order valence-electron chi connectivity index (χ4n) is 5.75. The lowest BCUT2D eigenvalue weighted by atomic mass is 9.79. The molecule has 2 aromatic heterocycles. The first kappa shape index (κ1) is 30.8. The van der Waals surface area contributed by atoms with Crippen molar-refractivity contribution in [1.82, 2.24) is 19.1 Å². The summed E-state index contributed by atoms with van der Waals surface area (Å²) in [6.07, 6.45) is 2.82. The van der Waals surface area contributed by atoms with E-state index in [0.717, 1.165) is 22.3 Å². The molecular weight excluding hydrogens is 588 g/mol. The zero-order valence-electron chi connectivity index (χ0n) is 25.7. The summed E-state index contributed by atoms with van der Waals surface area (Å²) in [6, 6.07) is 25.7. The third-order valence-corrected chi connectivity index (χ3v) is 8.20. The van der Waals surface area contributed by atoms with E-state index in [1.807, 2.05) is 85.8 Å². The summed E-state index contributed by atoms with van der Waals surface area (Å²) in [5.74, 6) is 0.699. The number of nitrogens with one attached hydrogen (secondary N) is 1. The molecule has 6 rings (SSSR count). The molecule has 3 heterocycles.